The maximum Gasteiger partial charge on any atom is 0.341 e. The number of fused-ring (bicyclic) bond motifs is 1. The van der Waals surface area contributed by atoms with Crippen LogP contribution in [0.1, 0.15) is 77.3 Å². The van der Waals surface area contributed by atoms with Crippen molar-refractivity contribution in [2.24, 2.45) is 11.0 Å². The second-order valence-electron chi connectivity index (χ2n) is 10.2. The molecule has 2 amide bonds. The molecule has 1 heterocycles. The third kappa shape index (κ3) is 7.97. The van der Waals surface area contributed by atoms with Crippen LogP contribution in [0, 0.1) is 5.92 Å². The summed E-state index contributed by atoms with van der Waals surface area (Å²) in [5.74, 6) is 0.567. The van der Waals surface area contributed by atoms with E-state index in [1.165, 1.54) is 11.3 Å². The quantitative estimate of drug-likeness (QED) is 0.151. The molecular weight excluding hydrogens is 554 g/mol. The van der Waals surface area contributed by atoms with Gasteiger partial charge in [-0.2, -0.15) is 5.10 Å². The van der Waals surface area contributed by atoms with E-state index in [0.717, 1.165) is 47.4 Å². The first-order chi connectivity index (χ1) is 20.3. The van der Waals surface area contributed by atoms with Crippen molar-refractivity contribution in [3.8, 4) is 11.5 Å². The smallest absolute Gasteiger partial charge is 0.341 e. The van der Waals surface area contributed by atoms with Gasteiger partial charge in [-0.05, 0) is 105 Å². The van der Waals surface area contributed by atoms with E-state index in [2.05, 4.69) is 22.8 Å². The topological polar surface area (TPSA) is 115 Å². The fourth-order valence-corrected chi connectivity index (χ4v) is 5.90. The molecule has 2 N–H and O–H groups in total. The number of anilines is 1. The van der Waals surface area contributed by atoms with E-state index in [0.29, 0.717) is 34.4 Å². The van der Waals surface area contributed by atoms with E-state index >= 15 is 0 Å². The molecule has 0 spiro atoms. The highest BCUT2D eigenvalue weighted by Gasteiger charge is 2.29. The average molecular weight is 592 g/mol. The molecule has 0 fully saturated rings. The molecule has 0 bridgehead atoms. The largest absolute Gasteiger partial charge is 0.494 e. The van der Waals surface area contributed by atoms with Crippen LogP contribution >= 0.6 is 11.3 Å². The maximum absolute atomic E-state index is 13.1. The Bertz CT molecular complexity index is 1420. The predicted octanol–water partition coefficient (Wildman–Crippen LogP) is 6.01. The summed E-state index contributed by atoms with van der Waals surface area (Å²) in [6.45, 7) is 8.54. The second kappa shape index (κ2) is 14.6. The van der Waals surface area contributed by atoms with Crippen LogP contribution < -0.4 is 20.2 Å². The minimum absolute atomic E-state index is 0.264. The lowest BCUT2D eigenvalue weighted by atomic mass is 9.88. The van der Waals surface area contributed by atoms with Crippen molar-refractivity contribution in [2.45, 2.75) is 59.5 Å². The number of nitrogens with zero attached hydrogens (tertiary/aromatic N) is 1. The van der Waals surface area contributed by atoms with E-state index < -0.39 is 18.0 Å². The highest BCUT2D eigenvalue weighted by molar-refractivity contribution is 7.17. The molecule has 1 aliphatic rings. The Hall–Kier alpha value is -4.18. The number of hydrogen-bond donors (Lipinski definition) is 2. The van der Waals surface area contributed by atoms with Gasteiger partial charge in [-0.3, -0.25) is 9.59 Å². The molecule has 2 aromatic carbocycles. The van der Waals surface area contributed by atoms with E-state index in [1.54, 1.807) is 44.3 Å². The van der Waals surface area contributed by atoms with Crippen molar-refractivity contribution >= 4 is 40.3 Å². The summed E-state index contributed by atoms with van der Waals surface area (Å²) >= 11 is 1.45. The summed E-state index contributed by atoms with van der Waals surface area (Å²) in [6.07, 6.45) is 4.33. The van der Waals surface area contributed by atoms with Gasteiger partial charge in [0.15, 0.2) is 6.10 Å². The van der Waals surface area contributed by atoms with Gasteiger partial charge in [-0.15, -0.1) is 11.3 Å². The number of rotatable bonds is 12. The van der Waals surface area contributed by atoms with Crippen LogP contribution in [0.15, 0.2) is 53.6 Å². The molecule has 0 saturated heterocycles. The van der Waals surface area contributed by atoms with Gasteiger partial charge in [0.1, 0.15) is 16.5 Å². The molecule has 0 saturated carbocycles. The molecule has 2 atom stereocenters. The first-order valence-corrected chi connectivity index (χ1v) is 15.1. The number of carbonyl (C=O) groups is 3. The monoisotopic (exact) mass is 591 g/mol. The highest BCUT2D eigenvalue weighted by atomic mass is 32.1. The van der Waals surface area contributed by atoms with Crippen LogP contribution in [-0.2, 0) is 22.4 Å². The van der Waals surface area contributed by atoms with Crippen molar-refractivity contribution in [3.63, 3.8) is 0 Å². The average Bonchev–Trinajstić information content (AvgIpc) is 3.33. The van der Waals surface area contributed by atoms with Crippen molar-refractivity contribution in [1.29, 1.82) is 0 Å². The minimum Gasteiger partial charge on any atom is -0.494 e. The molecule has 0 radical (unpaired) electrons. The number of ether oxygens (including phenoxy) is 3. The van der Waals surface area contributed by atoms with Crippen LogP contribution in [0.4, 0.5) is 5.00 Å². The number of nitrogens with one attached hydrogen (secondary N) is 2. The normalized spacial score (nSPS) is 15.0. The first kappa shape index (κ1) is 30.8. The minimum atomic E-state index is -0.821. The summed E-state index contributed by atoms with van der Waals surface area (Å²) in [7, 11) is 0. The van der Waals surface area contributed by atoms with Crippen molar-refractivity contribution in [3.05, 3.63) is 75.7 Å². The number of thiophene rings is 1. The third-order valence-electron chi connectivity index (χ3n) is 6.76. The number of hydrogen-bond acceptors (Lipinski definition) is 8. The molecule has 4 rings (SSSR count). The highest BCUT2D eigenvalue weighted by Crippen LogP contribution is 2.40. The standard InChI is InChI=1S/C32H37N3O6S/c1-5-17-40-24-12-8-22(9-13-24)19-33-35-29(36)21(4)41-25-14-10-23(11-15-25)30(37)34-31-28(32(38)39-6-2)26-16-7-20(3)18-27(26)42-31/h8-15,19-21H,5-7,16-18H2,1-4H3,(H,34,37)(H,35,36). The van der Waals surface area contributed by atoms with Gasteiger partial charge in [0, 0.05) is 10.4 Å². The van der Waals surface area contributed by atoms with Gasteiger partial charge in [0.2, 0.25) is 0 Å². The Morgan fingerprint density at radius 3 is 2.48 bits per heavy atom. The molecular formula is C32H37N3O6S. The van der Waals surface area contributed by atoms with E-state index in [4.69, 9.17) is 14.2 Å². The van der Waals surface area contributed by atoms with Gasteiger partial charge >= 0.3 is 5.97 Å². The zero-order chi connectivity index (χ0) is 30.1. The Morgan fingerprint density at radius 2 is 1.79 bits per heavy atom. The Kier molecular flexibility index (Phi) is 10.7. The third-order valence-corrected chi connectivity index (χ3v) is 7.93. The first-order valence-electron chi connectivity index (χ1n) is 14.2. The van der Waals surface area contributed by atoms with Gasteiger partial charge < -0.3 is 19.5 Å². The summed E-state index contributed by atoms with van der Waals surface area (Å²) in [6, 6.07) is 13.9. The van der Waals surface area contributed by atoms with Crippen LogP contribution in [0.3, 0.4) is 0 Å². The Morgan fingerprint density at radius 1 is 1.07 bits per heavy atom. The molecule has 42 heavy (non-hydrogen) atoms. The zero-order valence-corrected chi connectivity index (χ0v) is 25.2. The van der Waals surface area contributed by atoms with E-state index in [9.17, 15) is 14.4 Å². The van der Waals surface area contributed by atoms with Gasteiger partial charge in [-0.25, -0.2) is 10.2 Å². The lowest BCUT2D eigenvalue weighted by Crippen LogP contribution is -2.33. The SMILES string of the molecule is CCCOc1ccc(C=NNC(=O)C(C)Oc2ccc(C(=O)Nc3sc4c(c3C(=O)OCC)CCC(C)C4)cc2)cc1. The van der Waals surface area contributed by atoms with Gasteiger partial charge in [0.25, 0.3) is 11.8 Å². The maximum atomic E-state index is 13.1. The summed E-state index contributed by atoms with van der Waals surface area (Å²) in [5, 5.41) is 7.44. The lowest BCUT2D eigenvalue weighted by Gasteiger charge is -2.18. The Balaban J connectivity index is 1.33. The van der Waals surface area contributed by atoms with Crippen LogP contribution in [0.2, 0.25) is 0 Å². The fraction of sp³-hybridized carbons (Fsp3) is 0.375. The van der Waals surface area contributed by atoms with Crippen LogP contribution in [-0.4, -0.2) is 43.3 Å². The molecule has 10 heteroatoms. The molecule has 222 valence electrons. The number of amides is 2. The fourth-order valence-electron chi connectivity index (χ4n) is 4.51. The molecule has 1 aromatic heterocycles. The summed E-state index contributed by atoms with van der Waals surface area (Å²) < 4.78 is 16.6. The molecule has 9 nitrogen and oxygen atoms in total. The van der Waals surface area contributed by atoms with Gasteiger partial charge in [0.05, 0.1) is 25.0 Å². The van der Waals surface area contributed by atoms with Crippen LogP contribution in [0.25, 0.3) is 0 Å². The van der Waals surface area contributed by atoms with Crippen LogP contribution in [0.5, 0.6) is 11.5 Å². The number of benzene rings is 2. The van der Waals surface area contributed by atoms with E-state index in [-0.39, 0.29) is 12.5 Å². The summed E-state index contributed by atoms with van der Waals surface area (Å²) in [5.41, 5.74) is 5.14. The van der Waals surface area contributed by atoms with Crippen molar-refractivity contribution in [1.82, 2.24) is 5.43 Å². The van der Waals surface area contributed by atoms with Gasteiger partial charge in [-0.1, -0.05) is 13.8 Å². The number of esters is 1. The second-order valence-corrected chi connectivity index (χ2v) is 11.3. The molecule has 0 aliphatic heterocycles. The van der Waals surface area contributed by atoms with E-state index in [1.807, 2.05) is 31.2 Å². The number of carbonyl (C=O) groups excluding carboxylic acids is 3. The molecule has 2 unspecified atom stereocenters. The predicted molar refractivity (Wildman–Crippen MR) is 164 cm³/mol. The van der Waals surface area contributed by atoms with Crippen molar-refractivity contribution < 1.29 is 28.6 Å². The molecule has 1 aliphatic carbocycles. The number of hydrazone groups is 1. The molecule has 3 aromatic rings. The zero-order valence-electron chi connectivity index (χ0n) is 24.4. The Labute approximate surface area is 250 Å². The summed E-state index contributed by atoms with van der Waals surface area (Å²) in [4.78, 5) is 39.4. The van der Waals surface area contributed by atoms with Crippen molar-refractivity contribution in [2.75, 3.05) is 18.5 Å². The lowest BCUT2D eigenvalue weighted by molar-refractivity contribution is -0.127.